The molecule has 38 heteroatoms. The quantitative estimate of drug-likeness (QED) is 0.124. The van der Waals surface area contributed by atoms with E-state index in [1.54, 1.807) is 29.1 Å². The highest BCUT2D eigenvalue weighted by atomic mass is 32.2. The molecular weight excluding hydrogens is 1380 g/mol. The summed E-state index contributed by atoms with van der Waals surface area (Å²) in [6.07, 6.45) is 2.74. The molecule has 0 saturated carbocycles. The maximum Gasteiger partial charge on any atom is 0.327 e. The lowest BCUT2D eigenvalue weighted by molar-refractivity contribution is -0.141. The Morgan fingerprint density at radius 1 is 0.698 bits per heavy atom. The molecule has 0 aliphatic carbocycles. The number of aromatic nitrogens is 4. The van der Waals surface area contributed by atoms with Gasteiger partial charge in [-0.25, -0.2) is 24.7 Å². The minimum absolute atomic E-state index is 0.0120. The number of amides is 10. The van der Waals surface area contributed by atoms with Gasteiger partial charge in [0.2, 0.25) is 41.4 Å². The van der Waals surface area contributed by atoms with E-state index in [-0.39, 0.29) is 64.3 Å². The van der Waals surface area contributed by atoms with Crippen LogP contribution in [0.1, 0.15) is 85.4 Å². The van der Waals surface area contributed by atoms with Crippen molar-refractivity contribution in [3.05, 3.63) is 86.1 Å². The van der Waals surface area contributed by atoms with E-state index in [1.807, 2.05) is 0 Å². The number of carboxylic acid groups (broad SMARTS) is 1. The summed E-state index contributed by atoms with van der Waals surface area (Å²) in [5.41, 5.74) is 7.08. The first-order chi connectivity index (χ1) is 45.9. The number of ketones is 1. The van der Waals surface area contributed by atoms with E-state index in [1.165, 1.54) is 101 Å². The lowest BCUT2D eigenvalue weighted by Crippen LogP contribution is -2.58. The Morgan fingerprint density at radius 2 is 1.31 bits per heavy atom. The number of carbonyl (C=O) groups excluding carboxylic acids is 11. The maximum absolute atomic E-state index is 14.6. The van der Waals surface area contributed by atoms with Gasteiger partial charge in [0.05, 0.1) is 53.8 Å². The Morgan fingerprint density at radius 3 is 1.99 bits per heavy atom. The maximum atomic E-state index is 14.6. The summed E-state index contributed by atoms with van der Waals surface area (Å²) in [4.78, 5) is 198. The first-order valence-corrected chi connectivity index (χ1v) is 36.1. The number of aliphatic imine (C=N–C) groups is 3. The molecule has 1 fully saturated rings. The second kappa shape index (κ2) is 30.7. The minimum Gasteiger partial charge on any atom is -0.480 e. The highest BCUT2D eigenvalue weighted by molar-refractivity contribution is 8.15. The monoisotopic (exact) mass is 1440 g/mol. The molecule has 12 N–H and O–H groups in total. The Hall–Kier alpha value is -8.53. The van der Waals surface area contributed by atoms with Crippen LogP contribution < -0.4 is 53.6 Å². The Kier molecular flexibility index (Phi) is 22.5. The van der Waals surface area contributed by atoms with Gasteiger partial charge in [0.25, 0.3) is 17.7 Å². The number of pyridine rings is 1. The number of allylic oxidation sites excluding steroid dienone is 2. The third-order valence-corrected chi connectivity index (χ3v) is 22.5. The number of aliphatic carboxylic acids is 1. The molecule has 31 nitrogen and oxygen atoms in total. The molecule has 504 valence electrons. The van der Waals surface area contributed by atoms with Crippen LogP contribution >= 0.6 is 81.1 Å². The second-order valence-corrected chi connectivity index (χ2v) is 29.1. The van der Waals surface area contributed by atoms with Crippen molar-refractivity contribution in [2.24, 2.45) is 20.7 Å². The van der Waals surface area contributed by atoms with E-state index in [9.17, 15) is 62.6 Å². The number of primary amides is 1. The molecule has 8 atom stereocenters. The summed E-state index contributed by atoms with van der Waals surface area (Å²) in [6, 6.07) is -4.89. The van der Waals surface area contributed by atoms with E-state index in [2.05, 4.69) is 69.4 Å². The summed E-state index contributed by atoms with van der Waals surface area (Å²) in [5, 5.41) is 41.5. The van der Waals surface area contributed by atoms with Crippen molar-refractivity contribution >= 4 is 173 Å². The molecule has 0 spiro atoms. The van der Waals surface area contributed by atoms with Crippen LogP contribution in [0, 0.1) is 0 Å². The summed E-state index contributed by atoms with van der Waals surface area (Å²) in [6.45, 7) is 7.84. The SMILES string of the molecule is C=C1NC(=O)C2CSC(=N2)c2csc(n2)-c2ccc3c(n2)C(C)NC(=O)C2CCCN2C(=O)/C(=C\C)NC(=O)CNC(=O)CNC(=O)C(C)(NC(=O)/C(=C\C)NC(=O)C2CSC(=N2)C(CC(N)=O)NCC3=O)SCC(C(=O)O)NC(=O)C2CSC(=N2)c2csc(n2)-c2csc1n2. The summed E-state index contributed by atoms with van der Waals surface area (Å²) in [7, 11) is 0. The van der Waals surface area contributed by atoms with Crippen molar-refractivity contribution in [3.63, 3.8) is 0 Å². The third-order valence-electron chi connectivity index (χ3n) is 15.2. The van der Waals surface area contributed by atoms with Crippen LogP contribution in [0.25, 0.3) is 27.1 Å². The number of nitrogens with two attached hydrogens (primary N) is 1. The molecule has 7 aliphatic rings. The molecule has 10 amide bonds. The predicted octanol–water partition coefficient (Wildman–Crippen LogP) is 0.429. The van der Waals surface area contributed by atoms with Gasteiger partial charge in [0.1, 0.15) is 83.8 Å². The highest BCUT2D eigenvalue weighted by Gasteiger charge is 2.42. The highest BCUT2D eigenvalue weighted by Crippen LogP contribution is 2.34. The number of nitrogens with one attached hydrogen (secondary N) is 9. The fraction of sp³-hybridized carbons (Fsp3) is 0.397. The van der Waals surface area contributed by atoms with Crippen LogP contribution in [0.4, 0.5) is 0 Å². The average Bonchev–Trinajstić information content (AvgIpc) is 1.33. The number of thiazole rings is 3. The topological polar surface area (TPSA) is 451 Å². The van der Waals surface area contributed by atoms with Crippen molar-refractivity contribution in [3.8, 4) is 21.4 Å². The molecule has 4 aromatic heterocycles. The summed E-state index contributed by atoms with van der Waals surface area (Å²) >= 11 is 7.81. The lowest BCUT2D eigenvalue weighted by atomic mass is 10.0. The van der Waals surface area contributed by atoms with Gasteiger partial charge in [0.15, 0.2) is 10.7 Å². The van der Waals surface area contributed by atoms with E-state index in [0.717, 1.165) is 11.8 Å². The van der Waals surface area contributed by atoms with Crippen molar-refractivity contribution in [2.45, 2.75) is 94.1 Å². The van der Waals surface area contributed by atoms with Crippen LogP contribution in [0.3, 0.4) is 0 Å². The number of rotatable bonds is 3. The molecule has 0 aromatic carbocycles. The Bertz CT molecular complexity index is 4070. The van der Waals surface area contributed by atoms with Gasteiger partial charge < -0.3 is 63.6 Å². The molecule has 1 saturated heterocycles. The van der Waals surface area contributed by atoms with Crippen LogP contribution in [0.15, 0.2) is 73.4 Å². The van der Waals surface area contributed by atoms with Crippen LogP contribution in [0.2, 0.25) is 0 Å². The number of Topliss-reactive ketones (excluding diaryl/α,β-unsaturated/α-hetero) is 1. The number of thioether (sulfide) groups is 4. The van der Waals surface area contributed by atoms with Gasteiger partial charge in [-0.2, -0.15) is 0 Å². The molecular formula is C58H62N18O13S7. The van der Waals surface area contributed by atoms with E-state index >= 15 is 0 Å². The zero-order valence-corrected chi connectivity index (χ0v) is 57.1. The van der Waals surface area contributed by atoms with Crippen molar-refractivity contribution in [1.82, 2.24) is 72.7 Å². The molecule has 11 rings (SSSR count). The van der Waals surface area contributed by atoms with Gasteiger partial charge >= 0.3 is 5.97 Å². The molecule has 4 aromatic rings. The zero-order chi connectivity index (χ0) is 68.7. The van der Waals surface area contributed by atoms with Crippen LogP contribution in [-0.4, -0.2) is 206 Å². The van der Waals surface area contributed by atoms with Crippen LogP contribution in [-0.2, 0) is 52.7 Å². The normalized spacial score (nSPS) is 26.5. The van der Waals surface area contributed by atoms with Gasteiger partial charge in [-0.15, -0.1) is 81.1 Å². The minimum atomic E-state index is -2.20. The predicted molar refractivity (Wildman–Crippen MR) is 365 cm³/mol. The first kappa shape index (κ1) is 70.3. The zero-order valence-electron chi connectivity index (χ0n) is 51.4. The number of nitrogens with zero attached hydrogens (tertiary/aromatic N) is 8. The fourth-order valence-electron chi connectivity index (χ4n) is 10.1. The average molecular weight is 1440 g/mol. The largest absolute Gasteiger partial charge is 0.480 e. The smallest absolute Gasteiger partial charge is 0.327 e. The van der Waals surface area contributed by atoms with Gasteiger partial charge in [0, 0.05) is 57.7 Å². The van der Waals surface area contributed by atoms with Crippen molar-refractivity contribution < 1.29 is 62.6 Å². The molecule has 96 heavy (non-hydrogen) atoms. The van der Waals surface area contributed by atoms with Gasteiger partial charge in [-0.3, -0.25) is 67.7 Å². The molecule has 11 heterocycles. The standard InChI is InChI=1S/C58H62N18O13S7/c1-6-27-47(84)75-58(5)57(89)62-15-41(79)61-16-42(80)65-28(7-2)55(86)76-12-8-9-38(76)48(85)63-24(3)43-26(39(77)14-60-30(13-40(59)78)51-69-32(18-91-51)45(82)67-27)10-11-29(66-43)50-73-35(21-94-50)52-70-31(17-92-52)44(81)64-25(4)49-72-34(20-90-49)54-74-36(22-95-54)53-71-33(19-93-53)46(83)68-37(23-96-58)56(87)88/h6-7,10-11,20-22,24,30-33,37-38,60H,4,8-9,12-19,23H2,1-3,5H3,(H2,59,78)(H,61,79)(H,62,89)(H,63,85)(H,64,81)(H,65,80)(H,67,82)(H,68,83)(H,75,84)(H,87,88)/b27-6+,28-7+. The van der Waals surface area contributed by atoms with E-state index in [0.29, 0.717) is 66.1 Å². The van der Waals surface area contributed by atoms with Crippen LogP contribution in [0.5, 0.6) is 0 Å². The van der Waals surface area contributed by atoms with E-state index in [4.69, 9.17) is 25.7 Å². The number of hydrogen-bond acceptors (Lipinski definition) is 27. The number of fused-ring (bicyclic) bond motifs is 8. The first-order valence-electron chi connectivity index (χ1n) is 29.5. The molecule has 7 aliphatic heterocycles. The van der Waals surface area contributed by atoms with E-state index < -0.39 is 149 Å². The second-order valence-electron chi connectivity index (χ2n) is 22.0. The van der Waals surface area contributed by atoms with Crippen molar-refractivity contribution in [2.75, 3.05) is 49.2 Å². The third kappa shape index (κ3) is 16.5. The Labute approximate surface area is 575 Å². The molecule has 16 bridgehead atoms. The number of carbonyl (C=O) groups is 12. The van der Waals surface area contributed by atoms with Gasteiger partial charge in [-0.05, 0) is 52.7 Å². The molecule has 8 unspecified atom stereocenters. The van der Waals surface area contributed by atoms with Gasteiger partial charge in [-0.1, -0.05) is 18.7 Å². The fourth-order valence-corrected chi connectivity index (χ4v) is 16.9. The van der Waals surface area contributed by atoms with Crippen molar-refractivity contribution in [1.29, 1.82) is 0 Å². The summed E-state index contributed by atoms with van der Waals surface area (Å²) in [5.74, 6) is -10.4. The Balaban J connectivity index is 1.02. The number of carboxylic acids is 1. The lowest BCUT2D eigenvalue weighted by Gasteiger charge is -2.30. The number of hydrogen-bond donors (Lipinski definition) is 11. The molecule has 0 radical (unpaired) electrons. The summed E-state index contributed by atoms with van der Waals surface area (Å²) < 4.78 is 0.